The first-order chi connectivity index (χ1) is 11.7. The molecule has 0 aliphatic carbocycles. The van der Waals surface area contributed by atoms with E-state index in [1.165, 1.54) is 39.0 Å². The lowest BCUT2D eigenvalue weighted by Crippen LogP contribution is -2.36. The molecule has 0 aliphatic heterocycles. The van der Waals surface area contributed by atoms with Crippen LogP contribution in [0.5, 0.6) is 11.5 Å². The van der Waals surface area contributed by atoms with E-state index in [4.69, 9.17) is 4.74 Å². The van der Waals surface area contributed by atoms with Gasteiger partial charge in [-0.2, -0.15) is 0 Å². The molecule has 1 N–H and O–H groups in total. The summed E-state index contributed by atoms with van der Waals surface area (Å²) in [5.41, 5.74) is 0.447. The Bertz CT molecular complexity index is 848. The number of hydrogen-bond donors (Lipinski definition) is 1. The summed E-state index contributed by atoms with van der Waals surface area (Å²) in [6.45, 7) is 4.45. The van der Waals surface area contributed by atoms with E-state index in [0.29, 0.717) is 17.2 Å². The molecule has 7 heteroatoms. The molecule has 25 heavy (non-hydrogen) atoms. The predicted molar refractivity (Wildman–Crippen MR) is 95.1 cm³/mol. The summed E-state index contributed by atoms with van der Waals surface area (Å²) >= 11 is 0. The maximum atomic E-state index is 13.1. The molecule has 1 amide bonds. The van der Waals surface area contributed by atoms with Crippen molar-refractivity contribution < 1.29 is 22.3 Å². The number of nitrogens with one attached hydrogen (secondary N) is 1. The third-order valence-corrected chi connectivity index (χ3v) is 6.19. The van der Waals surface area contributed by atoms with Gasteiger partial charge in [0, 0.05) is 11.8 Å². The van der Waals surface area contributed by atoms with Gasteiger partial charge in [0.1, 0.15) is 22.6 Å². The second-order valence-electron chi connectivity index (χ2n) is 5.85. The van der Waals surface area contributed by atoms with Gasteiger partial charge >= 0.3 is 0 Å². The highest BCUT2D eigenvalue weighted by atomic mass is 32.2. The highest BCUT2D eigenvalue weighted by molar-refractivity contribution is 7.93. The van der Waals surface area contributed by atoms with E-state index in [0.717, 1.165) is 0 Å². The summed E-state index contributed by atoms with van der Waals surface area (Å²) in [6.07, 6.45) is 0. The number of carbonyl (C=O) groups is 1. The van der Waals surface area contributed by atoms with Crippen molar-refractivity contribution >= 4 is 21.4 Å². The molecular formula is C18H20FNO4S. The van der Waals surface area contributed by atoms with Crippen molar-refractivity contribution in [2.45, 2.75) is 31.3 Å². The van der Waals surface area contributed by atoms with Crippen molar-refractivity contribution in [2.24, 2.45) is 0 Å². The Balaban J connectivity index is 2.04. The highest BCUT2D eigenvalue weighted by Gasteiger charge is 2.30. The van der Waals surface area contributed by atoms with Crippen molar-refractivity contribution in [3.63, 3.8) is 0 Å². The summed E-state index contributed by atoms with van der Waals surface area (Å²) in [5.74, 6) is -0.172. The van der Waals surface area contributed by atoms with Crippen molar-refractivity contribution in [1.82, 2.24) is 0 Å². The Morgan fingerprint density at radius 1 is 1.04 bits per heavy atom. The third kappa shape index (κ3) is 4.79. The lowest BCUT2D eigenvalue weighted by Gasteiger charge is -2.15. The topological polar surface area (TPSA) is 72.5 Å². The van der Waals surface area contributed by atoms with Gasteiger partial charge in [0.15, 0.2) is 9.84 Å². The standard InChI is InChI=1S/C18H20FNO4S/c1-12(2)25(22,23)13(3)18(21)20-15-7-9-16(10-8-15)24-17-6-4-5-14(19)11-17/h4-13H,1-3H3,(H,20,21). The van der Waals surface area contributed by atoms with E-state index >= 15 is 0 Å². The van der Waals surface area contributed by atoms with Crippen molar-refractivity contribution in [1.29, 1.82) is 0 Å². The number of hydrogen-bond acceptors (Lipinski definition) is 4. The molecule has 2 aromatic rings. The molecule has 0 heterocycles. The van der Waals surface area contributed by atoms with Crippen molar-refractivity contribution in [3.8, 4) is 11.5 Å². The molecule has 0 bridgehead atoms. The van der Waals surface area contributed by atoms with Gasteiger partial charge in [-0.1, -0.05) is 6.07 Å². The number of ether oxygens (including phenoxy) is 1. The summed E-state index contributed by atoms with van der Waals surface area (Å²) in [7, 11) is -3.52. The van der Waals surface area contributed by atoms with E-state index in [1.807, 2.05) is 0 Å². The van der Waals surface area contributed by atoms with Gasteiger partial charge in [-0.05, 0) is 57.2 Å². The molecule has 1 unspecified atom stereocenters. The Labute approximate surface area is 146 Å². The predicted octanol–water partition coefficient (Wildman–Crippen LogP) is 3.77. The van der Waals surface area contributed by atoms with Crippen LogP contribution in [0.1, 0.15) is 20.8 Å². The average Bonchev–Trinajstić information content (AvgIpc) is 2.55. The first kappa shape index (κ1) is 18.9. The normalized spacial score (nSPS) is 12.7. The molecule has 0 saturated carbocycles. The molecule has 0 aromatic heterocycles. The zero-order valence-electron chi connectivity index (χ0n) is 14.2. The summed E-state index contributed by atoms with van der Waals surface area (Å²) in [5, 5.41) is 0.797. The first-order valence-electron chi connectivity index (χ1n) is 7.77. The minimum atomic E-state index is -3.52. The Morgan fingerprint density at radius 2 is 1.68 bits per heavy atom. The molecule has 0 aliphatic rings. The van der Waals surface area contributed by atoms with Gasteiger partial charge in [-0.3, -0.25) is 4.79 Å². The molecule has 0 radical (unpaired) electrons. The van der Waals surface area contributed by atoms with Crippen LogP contribution in [0.15, 0.2) is 48.5 Å². The molecule has 0 saturated heterocycles. The molecule has 2 rings (SSSR count). The second kappa shape index (κ2) is 7.65. The number of halogens is 1. The summed E-state index contributed by atoms with van der Waals surface area (Å²) < 4.78 is 42.7. The fourth-order valence-corrected chi connectivity index (χ4v) is 3.25. The number of carbonyl (C=O) groups excluding carboxylic acids is 1. The second-order valence-corrected chi connectivity index (χ2v) is 8.68. The van der Waals surface area contributed by atoms with Gasteiger partial charge in [0.2, 0.25) is 5.91 Å². The molecule has 2 aromatic carbocycles. The SMILES string of the molecule is CC(C)S(=O)(=O)C(C)C(=O)Nc1ccc(Oc2cccc(F)c2)cc1. The summed E-state index contributed by atoms with van der Waals surface area (Å²) in [4.78, 5) is 12.1. The average molecular weight is 365 g/mol. The molecular weight excluding hydrogens is 345 g/mol. The van der Waals surface area contributed by atoms with Crippen LogP contribution in [-0.4, -0.2) is 24.8 Å². The first-order valence-corrected chi connectivity index (χ1v) is 9.38. The molecule has 134 valence electrons. The van der Waals surface area contributed by atoms with Crippen LogP contribution in [-0.2, 0) is 14.6 Å². The quantitative estimate of drug-likeness (QED) is 0.846. The number of benzene rings is 2. The fraction of sp³-hybridized carbons (Fsp3) is 0.278. The minimum Gasteiger partial charge on any atom is -0.457 e. The molecule has 0 fully saturated rings. The highest BCUT2D eigenvalue weighted by Crippen LogP contribution is 2.23. The maximum Gasteiger partial charge on any atom is 0.242 e. The van der Waals surface area contributed by atoms with Crippen LogP contribution < -0.4 is 10.1 Å². The Morgan fingerprint density at radius 3 is 2.24 bits per heavy atom. The van der Waals surface area contributed by atoms with Crippen LogP contribution in [0.2, 0.25) is 0 Å². The van der Waals surface area contributed by atoms with Gasteiger partial charge in [0.05, 0.1) is 5.25 Å². The lowest BCUT2D eigenvalue weighted by molar-refractivity contribution is -0.115. The number of sulfone groups is 1. The van der Waals surface area contributed by atoms with Crippen molar-refractivity contribution in [2.75, 3.05) is 5.32 Å². The molecule has 0 spiro atoms. The largest absolute Gasteiger partial charge is 0.457 e. The fourth-order valence-electron chi connectivity index (χ4n) is 2.07. The van der Waals surface area contributed by atoms with Crippen LogP contribution in [0.4, 0.5) is 10.1 Å². The smallest absolute Gasteiger partial charge is 0.242 e. The van der Waals surface area contributed by atoms with Crippen LogP contribution in [0.25, 0.3) is 0 Å². The minimum absolute atomic E-state index is 0.355. The van der Waals surface area contributed by atoms with E-state index in [1.54, 1.807) is 30.3 Å². The van der Waals surface area contributed by atoms with Crippen LogP contribution in [0.3, 0.4) is 0 Å². The third-order valence-electron chi connectivity index (χ3n) is 3.67. The zero-order chi connectivity index (χ0) is 18.6. The lowest BCUT2D eigenvalue weighted by atomic mass is 10.3. The van der Waals surface area contributed by atoms with E-state index in [-0.39, 0.29) is 0 Å². The van der Waals surface area contributed by atoms with E-state index in [9.17, 15) is 17.6 Å². The van der Waals surface area contributed by atoms with E-state index < -0.39 is 32.1 Å². The number of anilines is 1. The molecule has 5 nitrogen and oxygen atoms in total. The van der Waals surface area contributed by atoms with Crippen LogP contribution >= 0.6 is 0 Å². The van der Waals surface area contributed by atoms with Gasteiger partial charge in [0.25, 0.3) is 0 Å². The van der Waals surface area contributed by atoms with E-state index in [2.05, 4.69) is 5.32 Å². The van der Waals surface area contributed by atoms with Gasteiger partial charge in [-0.25, -0.2) is 12.8 Å². The van der Waals surface area contributed by atoms with Gasteiger partial charge < -0.3 is 10.1 Å². The van der Waals surface area contributed by atoms with Gasteiger partial charge in [-0.15, -0.1) is 0 Å². The van der Waals surface area contributed by atoms with Crippen molar-refractivity contribution in [3.05, 3.63) is 54.3 Å². The van der Waals surface area contributed by atoms with Crippen LogP contribution in [0, 0.1) is 5.82 Å². The zero-order valence-corrected chi connectivity index (χ0v) is 15.0. The maximum absolute atomic E-state index is 13.1. The Hall–Kier alpha value is -2.41. The number of amides is 1. The number of rotatable bonds is 6. The summed E-state index contributed by atoms with van der Waals surface area (Å²) in [6, 6.07) is 12.1. The molecule has 1 atom stereocenters. The Kier molecular flexibility index (Phi) is 5.79. The monoisotopic (exact) mass is 365 g/mol.